The topological polar surface area (TPSA) is 36.0 Å². The second kappa shape index (κ2) is 2.63. The molecule has 0 spiro atoms. The van der Waals surface area contributed by atoms with Crippen LogP contribution < -0.4 is 0 Å². The SMILES string of the molecule is Cc1cc(C2(CO)CC2(C)C)c(C)[nH]1. The van der Waals surface area contributed by atoms with Gasteiger partial charge in [0.1, 0.15) is 0 Å². The monoisotopic (exact) mass is 193 g/mol. The van der Waals surface area contributed by atoms with Gasteiger partial charge in [-0.25, -0.2) is 0 Å². The zero-order valence-corrected chi connectivity index (χ0v) is 9.44. The lowest BCUT2D eigenvalue weighted by molar-refractivity contribution is 0.231. The second-order valence-electron chi connectivity index (χ2n) is 5.29. The highest BCUT2D eigenvalue weighted by Crippen LogP contribution is 2.64. The lowest BCUT2D eigenvalue weighted by Gasteiger charge is -2.17. The van der Waals surface area contributed by atoms with Crippen molar-refractivity contribution in [2.45, 2.75) is 39.5 Å². The van der Waals surface area contributed by atoms with E-state index in [1.165, 1.54) is 17.0 Å². The Labute approximate surface area is 85.3 Å². The molecule has 0 aromatic carbocycles. The van der Waals surface area contributed by atoms with E-state index in [9.17, 15) is 5.11 Å². The van der Waals surface area contributed by atoms with Gasteiger partial charge in [0.15, 0.2) is 0 Å². The van der Waals surface area contributed by atoms with Gasteiger partial charge >= 0.3 is 0 Å². The van der Waals surface area contributed by atoms with Crippen LogP contribution in [-0.2, 0) is 5.41 Å². The van der Waals surface area contributed by atoms with Gasteiger partial charge in [-0.2, -0.15) is 0 Å². The molecule has 1 fully saturated rings. The van der Waals surface area contributed by atoms with Crippen LogP contribution in [0.2, 0.25) is 0 Å². The maximum absolute atomic E-state index is 9.57. The van der Waals surface area contributed by atoms with Crippen LogP contribution in [0, 0.1) is 19.3 Å². The van der Waals surface area contributed by atoms with Gasteiger partial charge in [0, 0.05) is 16.8 Å². The van der Waals surface area contributed by atoms with E-state index in [0.29, 0.717) is 0 Å². The van der Waals surface area contributed by atoms with Gasteiger partial charge in [-0.3, -0.25) is 0 Å². The molecule has 1 aliphatic rings. The van der Waals surface area contributed by atoms with Crippen LogP contribution in [0.4, 0.5) is 0 Å². The Morgan fingerprint density at radius 3 is 2.29 bits per heavy atom. The molecule has 0 amide bonds. The van der Waals surface area contributed by atoms with E-state index < -0.39 is 0 Å². The summed E-state index contributed by atoms with van der Waals surface area (Å²) in [7, 11) is 0. The zero-order chi connectivity index (χ0) is 10.6. The fourth-order valence-corrected chi connectivity index (χ4v) is 2.75. The first-order chi connectivity index (χ1) is 6.43. The van der Waals surface area contributed by atoms with E-state index in [1.54, 1.807) is 0 Å². The number of hydrogen-bond acceptors (Lipinski definition) is 1. The average Bonchev–Trinajstić information content (AvgIpc) is 2.48. The van der Waals surface area contributed by atoms with Crippen molar-refractivity contribution in [1.29, 1.82) is 0 Å². The molecule has 1 aromatic heterocycles. The molecule has 2 N–H and O–H groups in total. The first-order valence-electron chi connectivity index (χ1n) is 5.20. The third-order valence-electron chi connectivity index (χ3n) is 3.85. The summed E-state index contributed by atoms with van der Waals surface area (Å²) in [6.07, 6.45) is 1.09. The van der Waals surface area contributed by atoms with Crippen molar-refractivity contribution in [3.8, 4) is 0 Å². The number of H-pyrrole nitrogens is 1. The Morgan fingerprint density at radius 2 is 2.00 bits per heavy atom. The minimum absolute atomic E-state index is 0.0157. The van der Waals surface area contributed by atoms with Crippen molar-refractivity contribution in [2.75, 3.05) is 6.61 Å². The standard InChI is InChI=1S/C12H19NO/c1-8-5-10(9(2)13-8)12(7-14)6-11(12,3)4/h5,13-14H,6-7H2,1-4H3. The van der Waals surface area contributed by atoms with Crippen LogP contribution in [0.5, 0.6) is 0 Å². The second-order valence-corrected chi connectivity index (χ2v) is 5.29. The number of nitrogens with one attached hydrogen (secondary N) is 1. The van der Waals surface area contributed by atoms with Crippen LogP contribution in [0.1, 0.15) is 37.2 Å². The molecule has 0 aliphatic heterocycles. The summed E-state index contributed by atoms with van der Waals surface area (Å²) in [6.45, 7) is 8.87. The van der Waals surface area contributed by atoms with Crippen molar-refractivity contribution in [3.63, 3.8) is 0 Å². The average molecular weight is 193 g/mol. The highest BCUT2D eigenvalue weighted by atomic mass is 16.3. The number of aromatic amines is 1. The highest BCUT2D eigenvalue weighted by molar-refractivity contribution is 5.41. The number of aromatic nitrogens is 1. The molecule has 2 rings (SSSR count). The predicted molar refractivity (Wildman–Crippen MR) is 57.4 cm³/mol. The van der Waals surface area contributed by atoms with Gasteiger partial charge in [-0.15, -0.1) is 0 Å². The van der Waals surface area contributed by atoms with Crippen LogP contribution >= 0.6 is 0 Å². The maximum Gasteiger partial charge on any atom is 0.0533 e. The number of aliphatic hydroxyl groups excluding tert-OH is 1. The van der Waals surface area contributed by atoms with Gasteiger partial charge in [0.05, 0.1) is 6.61 Å². The lowest BCUT2D eigenvalue weighted by atomic mass is 9.89. The van der Waals surface area contributed by atoms with E-state index in [-0.39, 0.29) is 17.4 Å². The molecule has 1 heterocycles. The molecule has 1 saturated carbocycles. The molecule has 78 valence electrons. The number of aliphatic hydroxyl groups is 1. The van der Waals surface area contributed by atoms with E-state index in [0.717, 1.165) is 6.42 Å². The maximum atomic E-state index is 9.57. The fourth-order valence-electron chi connectivity index (χ4n) is 2.75. The van der Waals surface area contributed by atoms with Crippen LogP contribution in [0.3, 0.4) is 0 Å². The van der Waals surface area contributed by atoms with Gasteiger partial charge in [0.25, 0.3) is 0 Å². The first kappa shape index (κ1) is 9.78. The van der Waals surface area contributed by atoms with E-state index in [1.807, 2.05) is 0 Å². The Bertz CT molecular complexity index is 364. The molecule has 1 aliphatic carbocycles. The third kappa shape index (κ3) is 1.07. The zero-order valence-electron chi connectivity index (χ0n) is 9.44. The summed E-state index contributed by atoms with van der Waals surface area (Å²) in [5.41, 5.74) is 3.97. The molecule has 0 radical (unpaired) electrons. The Kier molecular flexibility index (Phi) is 1.84. The van der Waals surface area contributed by atoms with Crippen molar-refractivity contribution in [1.82, 2.24) is 4.98 Å². The summed E-state index contributed by atoms with van der Waals surface area (Å²) in [6, 6.07) is 2.18. The van der Waals surface area contributed by atoms with Gasteiger partial charge in [0.2, 0.25) is 0 Å². The lowest BCUT2D eigenvalue weighted by Crippen LogP contribution is -2.19. The summed E-state index contributed by atoms with van der Waals surface area (Å²) < 4.78 is 0. The molecule has 0 saturated heterocycles. The third-order valence-corrected chi connectivity index (χ3v) is 3.85. The highest BCUT2D eigenvalue weighted by Gasteiger charge is 2.62. The number of aryl methyl sites for hydroxylation is 2. The van der Waals surface area contributed by atoms with E-state index in [2.05, 4.69) is 38.7 Å². The van der Waals surface area contributed by atoms with E-state index in [4.69, 9.17) is 0 Å². The van der Waals surface area contributed by atoms with Crippen molar-refractivity contribution < 1.29 is 5.11 Å². The van der Waals surface area contributed by atoms with Crippen molar-refractivity contribution >= 4 is 0 Å². The minimum Gasteiger partial charge on any atom is -0.395 e. The summed E-state index contributed by atoms with van der Waals surface area (Å²) in [4.78, 5) is 3.31. The number of hydrogen-bond donors (Lipinski definition) is 2. The summed E-state index contributed by atoms with van der Waals surface area (Å²) >= 11 is 0. The molecule has 1 unspecified atom stereocenters. The minimum atomic E-state index is 0.0157. The molecule has 2 heteroatoms. The molecule has 1 aromatic rings. The van der Waals surface area contributed by atoms with Crippen LogP contribution in [-0.4, -0.2) is 16.7 Å². The van der Waals surface area contributed by atoms with Gasteiger partial charge in [-0.05, 0) is 37.3 Å². The normalized spacial score (nSPS) is 29.2. The molecular weight excluding hydrogens is 174 g/mol. The Hall–Kier alpha value is -0.760. The summed E-state index contributed by atoms with van der Waals surface area (Å²) in [5, 5.41) is 9.57. The summed E-state index contributed by atoms with van der Waals surface area (Å²) in [5.74, 6) is 0. The van der Waals surface area contributed by atoms with E-state index >= 15 is 0 Å². The van der Waals surface area contributed by atoms with Gasteiger partial charge < -0.3 is 10.1 Å². The fraction of sp³-hybridized carbons (Fsp3) is 0.667. The molecule has 2 nitrogen and oxygen atoms in total. The molecular formula is C12H19NO. The molecule has 1 atom stereocenters. The first-order valence-corrected chi connectivity index (χ1v) is 5.20. The quantitative estimate of drug-likeness (QED) is 0.742. The van der Waals surface area contributed by atoms with Crippen molar-refractivity contribution in [2.24, 2.45) is 5.41 Å². The molecule has 0 bridgehead atoms. The smallest absolute Gasteiger partial charge is 0.0533 e. The van der Waals surface area contributed by atoms with Crippen LogP contribution in [0.15, 0.2) is 6.07 Å². The van der Waals surface area contributed by atoms with Crippen molar-refractivity contribution in [3.05, 3.63) is 23.0 Å². The van der Waals surface area contributed by atoms with Crippen LogP contribution in [0.25, 0.3) is 0 Å². The number of rotatable bonds is 2. The predicted octanol–water partition coefficient (Wildman–Crippen LogP) is 2.29. The van der Waals surface area contributed by atoms with Gasteiger partial charge in [-0.1, -0.05) is 13.8 Å². The Balaban J connectivity index is 2.45. The largest absolute Gasteiger partial charge is 0.395 e. The molecule has 14 heavy (non-hydrogen) atoms. The Morgan fingerprint density at radius 1 is 1.43 bits per heavy atom.